The van der Waals surface area contributed by atoms with Crippen molar-refractivity contribution in [1.82, 2.24) is 0 Å². The van der Waals surface area contributed by atoms with Crippen LogP contribution in [0.1, 0.15) is 24.3 Å². The van der Waals surface area contributed by atoms with Gasteiger partial charge in [0, 0.05) is 0 Å². The zero-order chi connectivity index (χ0) is 8.27. The van der Waals surface area contributed by atoms with Crippen molar-refractivity contribution in [3.05, 3.63) is 16.3 Å². The van der Waals surface area contributed by atoms with E-state index in [4.69, 9.17) is 4.74 Å². The van der Waals surface area contributed by atoms with Gasteiger partial charge in [-0.3, -0.25) is 0 Å². The van der Waals surface area contributed by atoms with E-state index in [9.17, 15) is 5.11 Å². The molecule has 1 aromatic rings. The molecule has 0 bridgehead atoms. The number of thiophene rings is 1. The average molecular weight is 172 g/mol. The first-order valence-electron chi connectivity index (χ1n) is 3.59. The van der Waals surface area contributed by atoms with Crippen molar-refractivity contribution in [2.75, 3.05) is 7.11 Å². The largest absolute Gasteiger partial charge is 0.495 e. The molecule has 1 aromatic heterocycles. The molecule has 0 amide bonds. The molecular weight excluding hydrogens is 160 g/mol. The first-order chi connectivity index (χ1) is 5.29. The highest BCUT2D eigenvalue weighted by molar-refractivity contribution is 7.10. The van der Waals surface area contributed by atoms with Gasteiger partial charge in [0.1, 0.15) is 5.75 Å². The van der Waals surface area contributed by atoms with Gasteiger partial charge in [-0.1, -0.05) is 6.92 Å². The molecule has 1 rings (SSSR count). The molecule has 3 heteroatoms. The van der Waals surface area contributed by atoms with Gasteiger partial charge in [-0.25, -0.2) is 0 Å². The van der Waals surface area contributed by atoms with Crippen LogP contribution in [0.4, 0.5) is 0 Å². The van der Waals surface area contributed by atoms with Crippen molar-refractivity contribution >= 4 is 11.3 Å². The van der Waals surface area contributed by atoms with E-state index < -0.39 is 0 Å². The van der Waals surface area contributed by atoms with E-state index in [2.05, 4.69) is 0 Å². The second kappa shape index (κ2) is 3.74. The van der Waals surface area contributed by atoms with Crippen LogP contribution in [0.5, 0.6) is 5.75 Å². The summed E-state index contributed by atoms with van der Waals surface area (Å²) >= 11 is 1.53. The summed E-state index contributed by atoms with van der Waals surface area (Å²) in [5.41, 5.74) is 0. The Labute approximate surface area is 70.4 Å². The highest BCUT2D eigenvalue weighted by atomic mass is 32.1. The first-order valence-corrected chi connectivity index (χ1v) is 4.47. The van der Waals surface area contributed by atoms with Gasteiger partial charge < -0.3 is 9.84 Å². The lowest BCUT2D eigenvalue weighted by atomic mass is 10.2. The van der Waals surface area contributed by atoms with Gasteiger partial charge in [-0.2, -0.15) is 0 Å². The minimum Gasteiger partial charge on any atom is -0.495 e. The van der Waals surface area contributed by atoms with E-state index >= 15 is 0 Å². The Morgan fingerprint density at radius 3 is 3.00 bits per heavy atom. The van der Waals surface area contributed by atoms with Crippen molar-refractivity contribution in [2.45, 2.75) is 19.4 Å². The number of methoxy groups -OCH3 is 1. The van der Waals surface area contributed by atoms with Crippen LogP contribution < -0.4 is 4.74 Å². The van der Waals surface area contributed by atoms with Gasteiger partial charge in [-0.15, -0.1) is 11.3 Å². The van der Waals surface area contributed by atoms with E-state index in [0.29, 0.717) is 0 Å². The summed E-state index contributed by atoms with van der Waals surface area (Å²) in [4.78, 5) is 0.926. The zero-order valence-electron chi connectivity index (χ0n) is 6.70. The van der Waals surface area contributed by atoms with Crippen LogP contribution in [0.25, 0.3) is 0 Å². The van der Waals surface area contributed by atoms with Crippen LogP contribution in [0.2, 0.25) is 0 Å². The quantitative estimate of drug-likeness (QED) is 0.757. The Morgan fingerprint density at radius 2 is 2.45 bits per heavy atom. The van der Waals surface area contributed by atoms with E-state index in [1.54, 1.807) is 7.11 Å². The molecule has 1 unspecified atom stereocenters. The second-order valence-electron chi connectivity index (χ2n) is 2.28. The fourth-order valence-corrected chi connectivity index (χ4v) is 1.84. The summed E-state index contributed by atoms with van der Waals surface area (Å²) in [6, 6.07) is 1.87. The Morgan fingerprint density at radius 1 is 1.73 bits per heavy atom. The maximum atomic E-state index is 9.46. The zero-order valence-corrected chi connectivity index (χ0v) is 7.52. The number of aliphatic hydroxyl groups excluding tert-OH is 1. The Balaban J connectivity index is 2.83. The van der Waals surface area contributed by atoms with E-state index in [0.717, 1.165) is 17.0 Å². The average Bonchev–Trinajstić information content (AvgIpc) is 2.50. The van der Waals surface area contributed by atoms with Gasteiger partial charge in [0.25, 0.3) is 0 Å². The first kappa shape index (κ1) is 8.56. The van der Waals surface area contributed by atoms with Crippen molar-refractivity contribution in [3.63, 3.8) is 0 Å². The fraction of sp³-hybridized carbons (Fsp3) is 0.500. The Kier molecular flexibility index (Phi) is 2.91. The number of ether oxygens (including phenoxy) is 1. The molecule has 1 atom stereocenters. The van der Waals surface area contributed by atoms with Gasteiger partial charge >= 0.3 is 0 Å². The minimum atomic E-state index is -0.370. The van der Waals surface area contributed by atoms with Gasteiger partial charge in [0.05, 0.1) is 18.1 Å². The molecule has 0 saturated heterocycles. The lowest BCUT2D eigenvalue weighted by Gasteiger charge is -2.06. The van der Waals surface area contributed by atoms with Crippen molar-refractivity contribution in [1.29, 1.82) is 0 Å². The van der Waals surface area contributed by atoms with Crippen LogP contribution in [-0.2, 0) is 0 Å². The van der Waals surface area contributed by atoms with Crippen LogP contribution >= 0.6 is 11.3 Å². The van der Waals surface area contributed by atoms with Crippen LogP contribution in [0.3, 0.4) is 0 Å². The van der Waals surface area contributed by atoms with Crippen LogP contribution in [0, 0.1) is 0 Å². The van der Waals surface area contributed by atoms with Crippen LogP contribution in [0.15, 0.2) is 11.4 Å². The fourth-order valence-electron chi connectivity index (χ4n) is 0.906. The molecule has 0 saturated carbocycles. The van der Waals surface area contributed by atoms with E-state index in [-0.39, 0.29) is 6.10 Å². The monoisotopic (exact) mass is 172 g/mol. The molecule has 1 N–H and O–H groups in total. The molecule has 0 aliphatic rings. The molecule has 0 fully saturated rings. The number of rotatable bonds is 3. The van der Waals surface area contributed by atoms with E-state index in [1.807, 2.05) is 18.4 Å². The Hall–Kier alpha value is -0.540. The topological polar surface area (TPSA) is 29.5 Å². The van der Waals surface area contributed by atoms with Crippen molar-refractivity contribution in [2.24, 2.45) is 0 Å². The summed E-state index contributed by atoms with van der Waals surface area (Å²) in [6.07, 6.45) is 0.363. The molecule has 2 nitrogen and oxygen atoms in total. The summed E-state index contributed by atoms with van der Waals surface area (Å²) < 4.78 is 5.06. The molecule has 0 aromatic carbocycles. The smallest absolute Gasteiger partial charge is 0.135 e. The maximum absolute atomic E-state index is 9.46. The summed E-state index contributed by atoms with van der Waals surface area (Å²) in [5.74, 6) is 0.796. The molecule has 1 heterocycles. The maximum Gasteiger partial charge on any atom is 0.135 e. The third kappa shape index (κ3) is 1.73. The lowest BCUT2D eigenvalue weighted by molar-refractivity contribution is 0.173. The summed E-state index contributed by atoms with van der Waals surface area (Å²) in [7, 11) is 1.62. The van der Waals surface area contributed by atoms with Crippen LogP contribution in [-0.4, -0.2) is 12.2 Å². The van der Waals surface area contributed by atoms with Crippen molar-refractivity contribution in [3.8, 4) is 5.75 Å². The minimum absolute atomic E-state index is 0.370. The van der Waals surface area contributed by atoms with Crippen molar-refractivity contribution < 1.29 is 9.84 Å². The third-order valence-corrected chi connectivity index (χ3v) is 2.57. The predicted octanol–water partition coefficient (Wildman–Crippen LogP) is 2.20. The Bertz CT molecular complexity index is 220. The summed E-state index contributed by atoms with van der Waals surface area (Å²) in [6.45, 7) is 1.95. The molecule has 0 radical (unpaired) electrons. The normalized spacial score (nSPS) is 13.0. The molecule has 11 heavy (non-hydrogen) atoms. The number of hydrogen-bond donors (Lipinski definition) is 1. The highest BCUT2D eigenvalue weighted by Crippen LogP contribution is 2.31. The standard InChI is InChI=1S/C8H12O2S/c1-3-6(9)8-7(10-2)4-5-11-8/h4-6,9H,3H2,1-2H3. The van der Waals surface area contributed by atoms with Gasteiger partial charge in [-0.05, 0) is 17.9 Å². The second-order valence-corrected chi connectivity index (χ2v) is 3.22. The highest BCUT2D eigenvalue weighted by Gasteiger charge is 2.11. The predicted molar refractivity (Wildman–Crippen MR) is 46.1 cm³/mol. The molecule has 0 aliphatic carbocycles. The molecule has 0 aliphatic heterocycles. The molecule has 0 spiro atoms. The summed E-state index contributed by atoms with van der Waals surface area (Å²) in [5, 5.41) is 11.4. The number of aliphatic hydroxyl groups is 1. The van der Waals surface area contributed by atoms with Gasteiger partial charge in [0.15, 0.2) is 0 Å². The molecular formula is C8H12O2S. The third-order valence-electron chi connectivity index (χ3n) is 1.57. The van der Waals surface area contributed by atoms with E-state index in [1.165, 1.54) is 11.3 Å². The molecule has 62 valence electrons. The van der Waals surface area contributed by atoms with Gasteiger partial charge in [0.2, 0.25) is 0 Å². The number of hydrogen-bond acceptors (Lipinski definition) is 3. The SMILES string of the molecule is CCC(O)c1sccc1OC. The lowest BCUT2D eigenvalue weighted by Crippen LogP contribution is -1.94.